The van der Waals surface area contributed by atoms with E-state index in [1.807, 2.05) is 6.92 Å². The molecule has 0 spiro atoms. The van der Waals surface area contributed by atoms with Gasteiger partial charge in [-0.2, -0.15) is 0 Å². The summed E-state index contributed by atoms with van der Waals surface area (Å²) in [5, 5.41) is 10.9. The first-order valence-corrected chi connectivity index (χ1v) is 10.4. The topological polar surface area (TPSA) is 84.7 Å². The first-order valence-electron chi connectivity index (χ1n) is 9.63. The van der Waals surface area contributed by atoms with E-state index in [2.05, 4.69) is 4.98 Å². The maximum atomic E-state index is 14.0. The van der Waals surface area contributed by atoms with Crippen LogP contribution in [0.2, 0.25) is 0 Å². The molecule has 1 saturated heterocycles. The first-order chi connectivity index (χ1) is 14.8. The molecule has 10 heteroatoms. The lowest BCUT2D eigenvalue weighted by atomic mass is 10.1. The predicted octanol–water partition coefficient (Wildman–Crippen LogP) is 2.75. The van der Waals surface area contributed by atoms with E-state index < -0.39 is 34.9 Å². The van der Waals surface area contributed by atoms with Crippen molar-refractivity contribution >= 4 is 17.2 Å². The van der Waals surface area contributed by atoms with Gasteiger partial charge in [-0.3, -0.25) is 9.59 Å². The Bertz CT molecular complexity index is 1270. The molecule has 7 nitrogen and oxygen atoms in total. The van der Waals surface area contributed by atoms with Crippen molar-refractivity contribution in [3.8, 4) is 16.3 Å². The van der Waals surface area contributed by atoms with Crippen LogP contribution >= 0.6 is 11.3 Å². The molecule has 0 unspecified atom stereocenters. The number of hydrogen-bond donors (Lipinski definition) is 1. The second-order valence-corrected chi connectivity index (χ2v) is 8.73. The van der Waals surface area contributed by atoms with E-state index in [1.165, 1.54) is 45.3 Å². The number of benzene rings is 1. The minimum Gasteiger partial charge on any atom is -0.503 e. The smallest absolute Gasteiger partial charge is 0.276 e. The molecular weight excluding hydrogens is 428 g/mol. The number of hydrogen-bond acceptors (Lipinski definition) is 6. The van der Waals surface area contributed by atoms with Crippen LogP contribution in [-0.2, 0) is 17.7 Å². The maximum Gasteiger partial charge on any atom is 0.276 e. The van der Waals surface area contributed by atoms with Crippen LogP contribution in [0.15, 0.2) is 35.4 Å². The summed E-state index contributed by atoms with van der Waals surface area (Å²) in [4.78, 5) is 32.1. The lowest BCUT2D eigenvalue weighted by Gasteiger charge is -2.33. The Kier molecular flexibility index (Phi) is 4.63. The number of nitrogens with zero attached hydrogens (tertiary/aromatic N) is 3. The highest BCUT2D eigenvalue weighted by atomic mass is 32.1. The number of thiazole rings is 1. The molecule has 4 heterocycles. The van der Waals surface area contributed by atoms with Crippen molar-refractivity contribution in [2.75, 3.05) is 6.61 Å². The van der Waals surface area contributed by atoms with Crippen molar-refractivity contribution in [1.29, 1.82) is 0 Å². The number of ether oxygens (including phenoxy) is 1. The zero-order chi connectivity index (χ0) is 21.9. The number of carbonyl (C=O) groups is 1. The van der Waals surface area contributed by atoms with Crippen molar-refractivity contribution in [2.24, 2.45) is 0 Å². The van der Waals surface area contributed by atoms with Gasteiger partial charge < -0.3 is 19.3 Å². The van der Waals surface area contributed by atoms with Crippen LogP contribution < -0.4 is 5.43 Å². The Morgan fingerprint density at radius 1 is 1.32 bits per heavy atom. The van der Waals surface area contributed by atoms with E-state index in [1.54, 1.807) is 0 Å². The zero-order valence-electron chi connectivity index (χ0n) is 16.3. The summed E-state index contributed by atoms with van der Waals surface area (Å²) in [7, 11) is 0. The van der Waals surface area contributed by atoms with Gasteiger partial charge in [-0.05, 0) is 18.6 Å². The van der Waals surface area contributed by atoms with Crippen LogP contribution in [0.4, 0.5) is 8.78 Å². The van der Waals surface area contributed by atoms with Gasteiger partial charge in [-0.15, -0.1) is 11.3 Å². The molecular formula is C21H17F2N3O4S. The van der Waals surface area contributed by atoms with Gasteiger partial charge in [0.2, 0.25) is 5.43 Å². The fourth-order valence-corrected chi connectivity index (χ4v) is 4.94. The number of amides is 1. The van der Waals surface area contributed by atoms with Crippen LogP contribution in [-0.4, -0.2) is 44.3 Å². The molecule has 2 atom stereocenters. The maximum absolute atomic E-state index is 14.0. The van der Waals surface area contributed by atoms with Gasteiger partial charge in [0.05, 0.1) is 24.8 Å². The normalized spacial score (nSPS) is 20.1. The summed E-state index contributed by atoms with van der Waals surface area (Å²) in [5.41, 5.74) is -0.309. The molecule has 5 rings (SSSR count). The molecule has 3 aromatic rings. The molecule has 1 N–H and O–H groups in total. The molecule has 31 heavy (non-hydrogen) atoms. The van der Waals surface area contributed by atoms with Gasteiger partial charge in [0.25, 0.3) is 5.91 Å². The van der Waals surface area contributed by atoms with Crippen molar-refractivity contribution < 1.29 is 23.4 Å². The molecule has 2 aliphatic heterocycles. The van der Waals surface area contributed by atoms with E-state index in [9.17, 15) is 23.5 Å². The van der Waals surface area contributed by atoms with Gasteiger partial charge in [0.15, 0.2) is 17.7 Å². The minimum absolute atomic E-state index is 0.0625. The second kappa shape index (κ2) is 7.24. The summed E-state index contributed by atoms with van der Waals surface area (Å²) < 4.78 is 34.2. The predicted molar refractivity (Wildman–Crippen MR) is 108 cm³/mol. The van der Waals surface area contributed by atoms with Gasteiger partial charge in [0, 0.05) is 29.8 Å². The van der Waals surface area contributed by atoms with Gasteiger partial charge >= 0.3 is 0 Å². The molecule has 2 aliphatic rings. The van der Waals surface area contributed by atoms with Gasteiger partial charge in [0.1, 0.15) is 16.6 Å². The van der Waals surface area contributed by atoms with Crippen molar-refractivity contribution in [2.45, 2.75) is 32.2 Å². The number of halogens is 2. The van der Waals surface area contributed by atoms with E-state index in [4.69, 9.17) is 4.74 Å². The molecule has 1 fully saturated rings. The Labute approximate surface area is 179 Å². The van der Waals surface area contributed by atoms with Crippen molar-refractivity contribution in [3.63, 3.8) is 0 Å². The van der Waals surface area contributed by atoms with Crippen LogP contribution in [0.3, 0.4) is 0 Å². The number of fused-ring (bicyclic) bond motifs is 2. The Morgan fingerprint density at radius 3 is 2.90 bits per heavy atom. The van der Waals surface area contributed by atoms with Crippen molar-refractivity contribution in [3.05, 3.63) is 68.6 Å². The molecule has 0 aliphatic carbocycles. The highest BCUT2D eigenvalue weighted by Gasteiger charge is 2.42. The fourth-order valence-electron chi connectivity index (χ4n) is 3.99. The van der Waals surface area contributed by atoms with Crippen LogP contribution in [0.1, 0.15) is 27.9 Å². The highest BCUT2D eigenvalue weighted by Crippen LogP contribution is 2.32. The third-order valence-corrected chi connectivity index (χ3v) is 6.56. The Balaban J connectivity index is 1.51. The third-order valence-electron chi connectivity index (χ3n) is 5.52. The summed E-state index contributed by atoms with van der Waals surface area (Å²) in [6.07, 6.45) is 2.74. The molecule has 2 aromatic heterocycles. The zero-order valence-corrected chi connectivity index (χ0v) is 17.2. The quantitative estimate of drug-likeness (QED) is 0.670. The summed E-state index contributed by atoms with van der Waals surface area (Å²) in [6, 6.07) is 3.22. The average Bonchev–Trinajstić information content (AvgIpc) is 3.33. The lowest BCUT2D eigenvalue weighted by Crippen LogP contribution is -2.48. The summed E-state index contributed by atoms with van der Waals surface area (Å²) in [6.45, 7) is 2.52. The SMILES string of the molecule is C[C@@H]1CO[C@H]2Cn3cc(-c4ncc(Cc5ccc(F)cc5F)s4)c(=O)c(O)c3C(=O)N12. The number of aromatic nitrogens is 2. The molecule has 0 bridgehead atoms. The number of carbonyl (C=O) groups excluding carboxylic acids is 1. The monoisotopic (exact) mass is 445 g/mol. The van der Waals surface area contributed by atoms with Crippen LogP contribution in [0.5, 0.6) is 5.75 Å². The van der Waals surface area contributed by atoms with E-state index in [0.717, 1.165) is 6.07 Å². The second-order valence-electron chi connectivity index (χ2n) is 7.62. The first kappa shape index (κ1) is 19.8. The lowest BCUT2D eigenvalue weighted by molar-refractivity contribution is 0.00638. The van der Waals surface area contributed by atoms with Crippen LogP contribution in [0.25, 0.3) is 10.6 Å². The van der Waals surface area contributed by atoms with E-state index >= 15 is 0 Å². The molecule has 160 valence electrons. The Morgan fingerprint density at radius 2 is 2.13 bits per heavy atom. The number of aromatic hydroxyl groups is 1. The molecule has 0 saturated carbocycles. The number of pyridine rings is 1. The minimum atomic E-state index is -0.695. The average molecular weight is 445 g/mol. The molecule has 1 aromatic carbocycles. The van der Waals surface area contributed by atoms with E-state index in [-0.39, 0.29) is 30.3 Å². The third kappa shape index (κ3) is 3.22. The van der Waals surface area contributed by atoms with Crippen LogP contribution in [0, 0.1) is 11.6 Å². The van der Waals surface area contributed by atoms with E-state index in [0.29, 0.717) is 22.1 Å². The largest absolute Gasteiger partial charge is 0.503 e. The standard InChI is InChI=1S/C21H17F2N3O4S/c1-10-9-30-16-8-25-7-14(18(27)19(28)17(25)21(29)26(10)16)20-24-6-13(31-20)4-11-2-3-12(22)5-15(11)23/h2-3,5-7,10,16,28H,4,8-9H2,1H3/t10-,16+/m1/s1. The fraction of sp³-hybridized carbons (Fsp3) is 0.286. The number of rotatable bonds is 3. The highest BCUT2D eigenvalue weighted by molar-refractivity contribution is 7.15. The molecule has 0 radical (unpaired) electrons. The van der Waals surface area contributed by atoms with Gasteiger partial charge in [-0.25, -0.2) is 13.8 Å². The summed E-state index contributed by atoms with van der Waals surface area (Å²) in [5.74, 6) is -2.39. The Hall–Kier alpha value is -3.11. The van der Waals surface area contributed by atoms with Crippen molar-refractivity contribution in [1.82, 2.24) is 14.5 Å². The summed E-state index contributed by atoms with van der Waals surface area (Å²) >= 11 is 1.17. The van der Waals surface area contributed by atoms with Gasteiger partial charge in [-0.1, -0.05) is 6.07 Å². The molecule has 1 amide bonds.